The molecule has 0 fully saturated rings. The molecule has 210 valence electrons. The number of hydrogen-bond acceptors (Lipinski definition) is 8. The highest BCUT2D eigenvalue weighted by atomic mass is 35.5. The van der Waals surface area contributed by atoms with Gasteiger partial charge in [-0.05, 0) is 65.6 Å². The number of nitrogens with one attached hydrogen (secondary N) is 1. The SMILES string of the molecule is Cc1c(OCc2nc(OCc3cccc(C#N)c3)c(CNCCO)cc2Cl)cccc1-c1ccc2c(c1)OCCO2. The molecule has 1 aliphatic heterocycles. The maximum atomic E-state index is 9.21. The first kappa shape index (κ1) is 28.2. The molecule has 0 saturated heterocycles. The van der Waals surface area contributed by atoms with Gasteiger partial charge in [0.15, 0.2) is 11.5 Å². The van der Waals surface area contributed by atoms with E-state index in [2.05, 4.69) is 11.4 Å². The second-order valence-electron chi connectivity index (χ2n) is 9.46. The summed E-state index contributed by atoms with van der Waals surface area (Å²) in [6, 6.07) is 23.0. The summed E-state index contributed by atoms with van der Waals surface area (Å²) >= 11 is 6.63. The van der Waals surface area contributed by atoms with Crippen molar-refractivity contribution < 1.29 is 24.1 Å². The van der Waals surface area contributed by atoms with Gasteiger partial charge in [0, 0.05) is 18.7 Å². The zero-order chi connectivity index (χ0) is 28.6. The Kier molecular flexibility index (Phi) is 9.22. The molecule has 2 heterocycles. The molecule has 0 saturated carbocycles. The minimum absolute atomic E-state index is 0.00883. The van der Waals surface area contributed by atoms with Crippen LogP contribution in [-0.2, 0) is 19.8 Å². The molecule has 0 amide bonds. The van der Waals surface area contributed by atoms with Crippen molar-refractivity contribution >= 4 is 11.6 Å². The highest BCUT2D eigenvalue weighted by Gasteiger charge is 2.17. The third-order valence-electron chi connectivity index (χ3n) is 6.63. The fourth-order valence-electron chi connectivity index (χ4n) is 4.52. The lowest BCUT2D eigenvalue weighted by molar-refractivity contribution is 0.171. The van der Waals surface area contributed by atoms with Crippen LogP contribution >= 0.6 is 11.6 Å². The van der Waals surface area contributed by atoms with Crippen LogP contribution in [0.25, 0.3) is 11.1 Å². The molecule has 9 heteroatoms. The molecular weight excluding hydrogens is 542 g/mol. The third-order valence-corrected chi connectivity index (χ3v) is 6.95. The fourth-order valence-corrected chi connectivity index (χ4v) is 4.75. The van der Waals surface area contributed by atoms with E-state index in [-0.39, 0.29) is 19.8 Å². The van der Waals surface area contributed by atoms with Crippen molar-refractivity contribution in [1.82, 2.24) is 10.3 Å². The Bertz CT molecular complexity index is 1570. The number of aliphatic hydroxyl groups excluding tert-OH is 1. The van der Waals surface area contributed by atoms with Gasteiger partial charge in [0.1, 0.15) is 37.9 Å². The monoisotopic (exact) mass is 571 g/mol. The molecule has 1 aromatic heterocycles. The van der Waals surface area contributed by atoms with E-state index in [0.29, 0.717) is 54.2 Å². The largest absolute Gasteiger partial charge is 0.487 e. The third kappa shape index (κ3) is 6.90. The Morgan fingerprint density at radius 2 is 1.83 bits per heavy atom. The zero-order valence-electron chi connectivity index (χ0n) is 22.7. The van der Waals surface area contributed by atoms with Crippen molar-refractivity contribution in [2.75, 3.05) is 26.4 Å². The highest BCUT2D eigenvalue weighted by Crippen LogP contribution is 2.37. The number of nitrogens with zero attached hydrogens (tertiary/aromatic N) is 2. The molecule has 5 rings (SSSR count). The van der Waals surface area contributed by atoms with Crippen LogP contribution in [0.5, 0.6) is 23.1 Å². The van der Waals surface area contributed by atoms with Crippen molar-refractivity contribution in [3.05, 3.63) is 99.7 Å². The maximum Gasteiger partial charge on any atom is 0.218 e. The van der Waals surface area contributed by atoms with Crippen molar-refractivity contribution in [2.24, 2.45) is 0 Å². The number of pyridine rings is 1. The van der Waals surface area contributed by atoms with Gasteiger partial charge in [-0.25, -0.2) is 4.98 Å². The molecule has 0 aliphatic carbocycles. The normalized spacial score (nSPS) is 12.0. The number of fused-ring (bicyclic) bond motifs is 1. The van der Waals surface area contributed by atoms with E-state index in [4.69, 9.17) is 40.6 Å². The van der Waals surface area contributed by atoms with E-state index < -0.39 is 0 Å². The summed E-state index contributed by atoms with van der Waals surface area (Å²) in [6.07, 6.45) is 0. The Morgan fingerprint density at radius 1 is 1.00 bits per heavy atom. The Balaban J connectivity index is 1.35. The molecule has 2 N–H and O–H groups in total. The summed E-state index contributed by atoms with van der Waals surface area (Å²) in [6.45, 7) is 4.30. The lowest BCUT2D eigenvalue weighted by Crippen LogP contribution is -2.19. The van der Waals surface area contributed by atoms with Crippen LogP contribution in [0.4, 0.5) is 0 Å². The van der Waals surface area contributed by atoms with Gasteiger partial charge in [0.05, 0.1) is 23.3 Å². The van der Waals surface area contributed by atoms with Crippen LogP contribution < -0.4 is 24.3 Å². The first-order valence-corrected chi connectivity index (χ1v) is 13.7. The van der Waals surface area contributed by atoms with Gasteiger partial charge in [0.2, 0.25) is 5.88 Å². The van der Waals surface area contributed by atoms with E-state index in [1.807, 2.05) is 55.5 Å². The number of ether oxygens (including phenoxy) is 4. The smallest absolute Gasteiger partial charge is 0.218 e. The number of aromatic nitrogens is 1. The first-order valence-electron chi connectivity index (χ1n) is 13.3. The van der Waals surface area contributed by atoms with E-state index in [1.54, 1.807) is 18.2 Å². The van der Waals surface area contributed by atoms with Gasteiger partial charge in [-0.2, -0.15) is 5.26 Å². The second-order valence-corrected chi connectivity index (χ2v) is 9.87. The van der Waals surface area contributed by atoms with Gasteiger partial charge in [-0.15, -0.1) is 0 Å². The molecule has 0 spiro atoms. The van der Waals surface area contributed by atoms with Crippen LogP contribution in [0.3, 0.4) is 0 Å². The van der Waals surface area contributed by atoms with Crippen molar-refractivity contribution in [1.29, 1.82) is 5.26 Å². The molecule has 3 aromatic carbocycles. The average Bonchev–Trinajstić information content (AvgIpc) is 3.00. The molecular formula is C32H30ClN3O5. The lowest BCUT2D eigenvalue weighted by Gasteiger charge is -2.20. The average molecular weight is 572 g/mol. The molecule has 0 unspecified atom stereocenters. The molecule has 1 aliphatic rings. The number of rotatable bonds is 11. The predicted molar refractivity (Wildman–Crippen MR) is 155 cm³/mol. The number of hydrogen-bond donors (Lipinski definition) is 2. The van der Waals surface area contributed by atoms with Gasteiger partial charge in [0.25, 0.3) is 0 Å². The Hall–Kier alpha value is -4.29. The minimum Gasteiger partial charge on any atom is -0.487 e. The number of aliphatic hydroxyl groups is 1. The van der Waals surface area contributed by atoms with E-state index in [1.165, 1.54) is 0 Å². The second kappa shape index (κ2) is 13.4. The van der Waals surface area contributed by atoms with Crippen molar-refractivity contribution in [3.8, 4) is 40.3 Å². The standard InChI is InChI=1S/C32H30ClN3O5/c1-21-26(24-8-9-30-31(16-24)39-13-12-38-30)6-3-7-29(21)40-20-28-27(33)15-25(18-35-10-11-37)32(36-28)41-19-23-5-2-4-22(14-23)17-34/h2-9,14-16,35,37H,10-13,18-20H2,1H3. The predicted octanol–water partition coefficient (Wildman–Crippen LogP) is 5.59. The number of nitriles is 1. The molecule has 0 radical (unpaired) electrons. The van der Waals surface area contributed by atoms with Crippen LogP contribution in [0, 0.1) is 18.3 Å². The van der Waals surface area contributed by atoms with Crippen molar-refractivity contribution in [3.63, 3.8) is 0 Å². The molecule has 0 atom stereocenters. The van der Waals surface area contributed by atoms with Crippen molar-refractivity contribution in [2.45, 2.75) is 26.7 Å². The summed E-state index contributed by atoms with van der Waals surface area (Å²) in [5.74, 6) is 2.59. The quantitative estimate of drug-likeness (QED) is 0.224. The van der Waals surface area contributed by atoms with Crippen LogP contribution in [0.15, 0.2) is 66.7 Å². The number of benzene rings is 3. The summed E-state index contributed by atoms with van der Waals surface area (Å²) in [7, 11) is 0. The molecule has 8 nitrogen and oxygen atoms in total. The molecule has 0 bridgehead atoms. The maximum absolute atomic E-state index is 9.21. The molecule has 41 heavy (non-hydrogen) atoms. The van der Waals surface area contributed by atoms with Gasteiger partial charge in [-0.1, -0.05) is 41.9 Å². The minimum atomic E-state index is 0.00883. The lowest BCUT2D eigenvalue weighted by atomic mass is 9.99. The summed E-state index contributed by atoms with van der Waals surface area (Å²) in [5, 5.41) is 22.0. The Labute approximate surface area is 244 Å². The van der Waals surface area contributed by atoms with E-state index >= 15 is 0 Å². The highest BCUT2D eigenvalue weighted by molar-refractivity contribution is 6.31. The van der Waals surface area contributed by atoms with Gasteiger partial charge >= 0.3 is 0 Å². The topological polar surface area (TPSA) is 106 Å². The fraction of sp³-hybridized carbons (Fsp3) is 0.250. The summed E-state index contributed by atoms with van der Waals surface area (Å²) in [5.41, 5.74) is 5.68. The van der Waals surface area contributed by atoms with Gasteiger partial charge in [-0.3, -0.25) is 0 Å². The van der Waals surface area contributed by atoms with Crippen LogP contribution in [0.1, 0.15) is 27.9 Å². The van der Waals surface area contributed by atoms with E-state index in [0.717, 1.165) is 39.3 Å². The summed E-state index contributed by atoms with van der Waals surface area (Å²) in [4.78, 5) is 4.71. The Morgan fingerprint density at radius 3 is 2.66 bits per heavy atom. The zero-order valence-corrected chi connectivity index (χ0v) is 23.4. The first-order chi connectivity index (χ1) is 20.1. The van der Waals surface area contributed by atoms with E-state index in [9.17, 15) is 5.26 Å². The van der Waals surface area contributed by atoms with Crippen LogP contribution in [0.2, 0.25) is 5.02 Å². The van der Waals surface area contributed by atoms with Crippen LogP contribution in [-0.4, -0.2) is 36.5 Å². The van der Waals surface area contributed by atoms with Gasteiger partial charge < -0.3 is 29.4 Å². The number of halogens is 1. The summed E-state index contributed by atoms with van der Waals surface area (Å²) < 4.78 is 23.7. The molecule has 4 aromatic rings.